The third-order valence-corrected chi connectivity index (χ3v) is 3.27. The minimum absolute atomic E-state index is 0.0469. The van der Waals surface area contributed by atoms with Gasteiger partial charge in [0.2, 0.25) is 0 Å². The lowest BCUT2D eigenvalue weighted by atomic mass is 9.89. The molecule has 0 aliphatic heterocycles. The number of methoxy groups -OCH3 is 1. The Morgan fingerprint density at radius 1 is 1.47 bits per heavy atom. The Morgan fingerprint density at radius 2 is 2.18 bits per heavy atom. The lowest BCUT2D eigenvalue weighted by Crippen LogP contribution is -2.47. The van der Waals surface area contributed by atoms with Crippen LogP contribution in [-0.4, -0.2) is 25.2 Å². The highest BCUT2D eigenvalue weighted by Crippen LogP contribution is 2.23. The van der Waals surface area contributed by atoms with Gasteiger partial charge in [-0.05, 0) is 37.5 Å². The topological polar surface area (TPSA) is 64.3 Å². The van der Waals surface area contributed by atoms with Crippen LogP contribution in [0.15, 0.2) is 18.2 Å². The van der Waals surface area contributed by atoms with Crippen molar-refractivity contribution in [3.8, 4) is 0 Å². The minimum Gasteiger partial charge on any atom is -0.399 e. The molecule has 1 saturated carbocycles. The van der Waals surface area contributed by atoms with Crippen LogP contribution in [0.1, 0.15) is 28.8 Å². The lowest BCUT2D eigenvalue weighted by Gasteiger charge is -2.34. The first kappa shape index (κ1) is 11.9. The van der Waals surface area contributed by atoms with E-state index in [2.05, 4.69) is 5.32 Å². The van der Waals surface area contributed by atoms with Crippen LogP contribution in [0.25, 0.3) is 0 Å². The van der Waals surface area contributed by atoms with Crippen molar-refractivity contribution >= 4 is 11.6 Å². The fourth-order valence-corrected chi connectivity index (χ4v) is 2.02. The molecule has 92 valence electrons. The summed E-state index contributed by atoms with van der Waals surface area (Å²) in [6, 6.07) is 5.62. The molecule has 1 aromatic carbocycles. The SMILES string of the molecule is COC1CC(NC(=O)c2cc(N)ccc2C)C1. The van der Waals surface area contributed by atoms with Crippen molar-refractivity contribution in [1.29, 1.82) is 0 Å². The highest BCUT2D eigenvalue weighted by atomic mass is 16.5. The standard InChI is InChI=1S/C13H18N2O2/c1-8-3-4-9(14)5-12(8)13(16)15-10-6-11(7-10)17-2/h3-5,10-11H,6-7,14H2,1-2H3,(H,15,16). The van der Waals surface area contributed by atoms with Crippen molar-refractivity contribution in [1.82, 2.24) is 5.32 Å². The molecular formula is C13H18N2O2. The molecule has 0 radical (unpaired) electrons. The molecule has 4 nitrogen and oxygen atoms in total. The van der Waals surface area contributed by atoms with Gasteiger partial charge in [0, 0.05) is 24.4 Å². The van der Waals surface area contributed by atoms with E-state index >= 15 is 0 Å². The van der Waals surface area contributed by atoms with Crippen molar-refractivity contribution < 1.29 is 9.53 Å². The predicted octanol–water partition coefficient (Wildman–Crippen LogP) is 1.48. The molecule has 0 atom stereocenters. The van der Waals surface area contributed by atoms with Gasteiger partial charge in [0.05, 0.1) is 6.10 Å². The van der Waals surface area contributed by atoms with Crippen molar-refractivity contribution in [3.63, 3.8) is 0 Å². The number of carbonyl (C=O) groups is 1. The normalized spacial score (nSPS) is 22.9. The summed E-state index contributed by atoms with van der Waals surface area (Å²) in [6.07, 6.45) is 2.08. The summed E-state index contributed by atoms with van der Waals surface area (Å²) in [4.78, 5) is 12.0. The molecule has 1 aliphatic carbocycles. The molecule has 0 bridgehead atoms. The Bertz CT molecular complexity index is 425. The van der Waals surface area contributed by atoms with E-state index in [0.717, 1.165) is 18.4 Å². The Hall–Kier alpha value is -1.55. The fraction of sp³-hybridized carbons (Fsp3) is 0.462. The van der Waals surface area contributed by atoms with E-state index < -0.39 is 0 Å². The monoisotopic (exact) mass is 234 g/mol. The van der Waals surface area contributed by atoms with Crippen LogP contribution in [-0.2, 0) is 4.74 Å². The van der Waals surface area contributed by atoms with Crippen LogP contribution in [0.2, 0.25) is 0 Å². The Morgan fingerprint density at radius 3 is 2.82 bits per heavy atom. The van der Waals surface area contributed by atoms with Crippen molar-refractivity contribution in [2.75, 3.05) is 12.8 Å². The van der Waals surface area contributed by atoms with Crippen LogP contribution >= 0.6 is 0 Å². The predicted molar refractivity (Wildman–Crippen MR) is 66.9 cm³/mol. The maximum absolute atomic E-state index is 12.0. The number of aryl methyl sites for hydroxylation is 1. The molecule has 0 spiro atoms. The van der Waals surface area contributed by atoms with Gasteiger partial charge < -0.3 is 15.8 Å². The Balaban J connectivity index is 1.98. The quantitative estimate of drug-likeness (QED) is 0.779. The number of nitrogens with one attached hydrogen (secondary N) is 1. The molecule has 2 rings (SSSR count). The van der Waals surface area contributed by atoms with E-state index in [1.54, 1.807) is 19.2 Å². The average Bonchev–Trinajstić information content (AvgIpc) is 2.25. The summed E-state index contributed by atoms with van der Waals surface area (Å²) in [7, 11) is 1.70. The molecule has 0 aromatic heterocycles. The molecule has 1 aromatic rings. The zero-order valence-electron chi connectivity index (χ0n) is 10.2. The number of nitrogens with two attached hydrogens (primary N) is 1. The number of anilines is 1. The summed E-state index contributed by atoms with van der Waals surface area (Å²) < 4.78 is 5.18. The molecule has 0 saturated heterocycles. The molecular weight excluding hydrogens is 216 g/mol. The van der Waals surface area contributed by atoms with Crippen molar-refractivity contribution in [2.24, 2.45) is 0 Å². The molecule has 3 N–H and O–H groups in total. The minimum atomic E-state index is -0.0469. The van der Waals surface area contributed by atoms with Gasteiger partial charge in [0.1, 0.15) is 0 Å². The van der Waals surface area contributed by atoms with Gasteiger partial charge in [-0.3, -0.25) is 4.79 Å². The van der Waals surface area contributed by atoms with Gasteiger partial charge in [0.15, 0.2) is 0 Å². The molecule has 1 fully saturated rings. The van der Waals surface area contributed by atoms with Gasteiger partial charge in [-0.25, -0.2) is 0 Å². The number of carbonyl (C=O) groups excluding carboxylic acids is 1. The average molecular weight is 234 g/mol. The summed E-state index contributed by atoms with van der Waals surface area (Å²) in [5.74, 6) is -0.0469. The molecule has 4 heteroatoms. The van der Waals surface area contributed by atoms with Gasteiger partial charge in [-0.2, -0.15) is 0 Å². The van der Waals surface area contributed by atoms with Gasteiger partial charge in [-0.15, -0.1) is 0 Å². The highest BCUT2D eigenvalue weighted by molar-refractivity contribution is 5.96. The smallest absolute Gasteiger partial charge is 0.251 e. The highest BCUT2D eigenvalue weighted by Gasteiger charge is 2.30. The summed E-state index contributed by atoms with van der Waals surface area (Å²) in [5, 5.41) is 2.99. The Labute approximate surface area is 101 Å². The summed E-state index contributed by atoms with van der Waals surface area (Å²) in [5.41, 5.74) is 7.90. The van der Waals surface area contributed by atoms with E-state index in [9.17, 15) is 4.79 Å². The van der Waals surface area contributed by atoms with Crippen molar-refractivity contribution in [3.05, 3.63) is 29.3 Å². The van der Waals surface area contributed by atoms with Crippen LogP contribution in [0, 0.1) is 6.92 Å². The molecule has 1 amide bonds. The van der Waals surface area contributed by atoms with E-state index in [1.165, 1.54) is 0 Å². The van der Waals surface area contributed by atoms with Gasteiger partial charge >= 0.3 is 0 Å². The molecule has 0 unspecified atom stereocenters. The number of nitrogen functional groups attached to an aromatic ring is 1. The van der Waals surface area contributed by atoms with Crippen LogP contribution in [0.4, 0.5) is 5.69 Å². The number of hydrogen-bond acceptors (Lipinski definition) is 3. The zero-order chi connectivity index (χ0) is 12.4. The third-order valence-electron chi connectivity index (χ3n) is 3.27. The number of benzene rings is 1. The third kappa shape index (κ3) is 2.58. The maximum Gasteiger partial charge on any atom is 0.251 e. The molecule has 17 heavy (non-hydrogen) atoms. The largest absolute Gasteiger partial charge is 0.399 e. The van der Waals surface area contributed by atoms with E-state index in [-0.39, 0.29) is 11.9 Å². The van der Waals surface area contributed by atoms with Crippen LogP contribution < -0.4 is 11.1 Å². The second kappa shape index (κ2) is 4.75. The van der Waals surface area contributed by atoms with Gasteiger partial charge in [-0.1, -0.05) is 6.07 Å². The zero-order valence-corrected chi connectivity index (χ0v) is 10.2. The first-order chi connectivity index (χ1) is 8.10. The maximum atomic E-state index is 12.0. The summed E-state index contributed by atoms with van der Waals surface area (Å²) >= 11 is 0. The second-order valence-electron chi connectivity index (χ2n) is 4.57. The number of hydrogen-bond donors (Lipinski definition) is 2. The molecule has 1 aliphatic rings. The first-order valence-corrected chi connectivity index (χ1v) is 5.80. The van der Waals surface area contributed by atoms with E-state index in [4.69, 9.17) is 10.5 Å². The van der Waals surface area contributed by atoms with E-state index in [0.29, 0.717) is 17.4 Å². The molecule has 0 heterocycles. The van der Waals surface area contributed by atoms with E-state index in [1.807, 2.05) is 13.0 Å². The Kier molecular flexibility index (Phi) is 3.33. The van der Waals surface area contributed by atoms with Crippen LogP contribution in [0.5, 0.6) is 0 Å². The first-order valence-electron chi connectivity index (χ1n) is 5.80. The number of ether oxygens (including phenoxy) is 1. The van der Waals surface area contributed by atoms with Crippen LogP contribution in [0.3, 0.4) is 0 Å². The second-order valence-corrected chi connectivity index (χ2v) is 4.57. The fourth-order valence-electron chi connectivity index (χ4n) is 2.02. The number of rotatable bonds is 3. The number of amides is 1. The summed E-state index contributed by atoms with van der Waals surface area (Å²) in [6.45, 7) is 1.91. The van der Waals surface area contributed by atoms with Crippen molar-refractivity contribution in [2.45, 2.75) is 31.9 Å². The lowest BCUT2D eigenvalue weighted by molar-refractivity contribution is 0.0176. The van der Waals surface area contributed by atoms with Gasteiger partial charge in [0.25, 0.3) is 5.91 Å².